The second-order valence-electron chi connectivity index (χ2n) is 4.93. The molecular weight excluding hydrogens is 285 g/mol. The lowest BCUT2D eigenvalue weighted by Crippen LogP contribution is -2.15. The largest absolute Gasteiger partial charge is 0.358 e. The monoisotopic (exact) mass is 307 g/mol. The van der Waals surface area contributed by atoms with Gasteiger partial charge in [-0.15, -0.1) is 6.58 Å². The average Bonchev–Trinajstić information content (AvgIpc) is 3.22. The zero-order valence-corrected chi connectivity index (χ0v) is 13.5. The molecule has 2 rings (SSSR count). The van der Waals surface area contributed by atoms with E-state index in [1.807, 2.05) is 44.2 Å². The van der Waals surface area contributed by atoms with E-state index in [-0.39, 0.29) is 5.92 Å². The highest BCUT2D eigenvalue weighted by molar-refractivity contribution is 7.56. The predicted molar refractivity (Wildman–Crippen MR) is 85.9 cm³/mol. The molecule has 0 aromatic heterocycles. The van der Waals surface area contributed by atoms with Crippen LogP contribution in [0.2, 0.25) is 0 Å². The van der Waals surface area contributed by atoms with Crippen molar-refractivity contribution in [3.8, 4) is 0 Å². The Labute approximate surface area is 126 Å². The summed E-state index contributed by atoms with van der Waals surface area (Å²) in [6.07, 6.45) is 4.18. The van der Waals surface area contributed by atoms with Gasteiger partial charge in [-0.1, -0.05) is 36.4 Å². The van der Waals surface area contributed by atoms with Gasteiger partial charge >= 0.3 is 7.60 Å². The van der Waals surface area contributed by atoms with Crippen LogP contribution >= 0.6 is 7.60 Å². The first-order chi connectivity index (χ1) is 10.1. The highest BCUT2D eigenvalue weighted by atomic mass is 31.2. The fraction of sp³-hybridized carbons (Fsp3) is 0.438. The lowest BCUT2D eigenvalue weighted by molar-refractivity contribution is 0.209. The van der Waals surface area contributed by atoms with Gasteiger partial charge in [-0.05, 0) is 25.8 Å². The molecule has 0 aliphatic heterocycles. The summed E-state index contributed by atoms with van der Waals surface area (Å²) >= 11 is 0. The molecule has 0 radical (unpaired) electrons. The Hall–Kier alpha value is -1.22. The molecule has 1 aliphatic rings. The average molecular weight is 307 g/mol. The molecule has 21 heavy (non-hydrogen) atoms. The molecule has 114 valence electrons. The van der Waals surface area contributed by atoms with Crippen LogP contribution in [-0.2, 0) is 13.6 Å². The SMILES string of the molecule is C=CC1CC1(/N=C/c1ccccc1)P(=O)(OCC)OCC. The first-order valence-electron chi connectivity index (χ1n) is 7.24. The maximum Gasteiger partial charge on any atom is 0.358 e. The van der Waals surface area contributed by atoms with Crippen LogP contribution in [0.3, 0.4) is 0 Å². The normalized spacial score (nSPS) is 25.1. The van der Waals surface area contributed by atoms with E-state index in [9.17, 15) is 4.57 Å². The van der Waals surface area contributed by atoms with Gasteiger partial charge < -0.3 is 9.05 Å². The third-order valence-electron chi connectivity index (χ3n) is 3.55. The molecule has 1 aromatic rings. The van der Waals surface area contributed by atoms with Gasteiger partial charge in [-0.25, -0.2) is 0 Å². The summed E-state index contributed by atoms with van der Waals surface area (Å²) in [4.78, 5) is 4.59. The zero-order chi connectivity index (χ0) is 15.3. The first kappa shape index (κ1) is 16.2. The van der Waals surface area contributed by atoms with Crippen LogP contribution in [0.25, 0.3) is 0 Å². The van der Waals surface area contributed by atoms with E-state index >= 15 is 0 Å². The maximum absolute atomic E-state index is 13.1. The molecule has 0 spiro atoms. The van der Waals surface area contributed by atoms with Crippen molar-refractivity contribution in [2.75, 3.05) is 13.2 Å². The van der Waals surface area contributed by atoms with Crippen LogP contribution in [0.15, 0.2) is 48.0 Å². The molecule has 0 heterocycles. The summed E-state index contributed by atoms with van der Waals surface area (Å²) in [5, 5.41) is -0.809. The van der Waals surface area contributed by atoms with Crippen LogP contribution < -0.4 is 0 Å². The van der Waals surface area contributed by atoms with Gasteiger partial charge in [-0.3, -0.25) is 9.56 Å². The summed E-state index contributed by atoms with van der Waals surface area (Å²) in [5.41, 5.74) is 0.964. The van der Waals surface area contributed by atoms with Crippen LogP contribution in [-0.4, -0.2) is 24.7 Å². The molecule has 0 N–H and O–H groups in total. The van der Waals surface area contributed by atoms with E-state index in [2.05, 4.69) is 11.6 Å². The Kier molecular flexibility index (Phi) is 5.15. The number of aliphatic imine (C=N–C) groups is 1. The molecule has 4 nitrogen and oxygen atoms in total. The topological polar surface area (TPSA) is 47.9 Å². The van der Waals surface area contributed by atoms with Gasteiger partial charge in [0.25, 0.3) is 0 Å². The van der Waals surface area contributed by atoms with Crippen molar-refractivity contribution in [3.63, 3.8) is 0 Å². The van der Waals surface area contributed by atoms with Crippen molar-refractivity contribution in [2.24, 2.45) is 10.9 Å². The summed E-state index contributed by atoms with van der Waals surface area (Å²) in [5.74, 6) is 0.0291. The Bertz CT molecular complexity index is 548. The van der Waals surface area contributed by atoms with Gasteiger partial charge in [0, 0.05) is 12.1 Å². The van der Waals surface area contributed by atoms with Gasteiger partial charge in [0.15, 0.2) is 5.28 Å². The smallest absolute Gasteiger partial charge is 0.307 e. The van der Waals surface area contributed by atoms with Crippen molar-refractivity contribution in [1.29, 1.82) is 0 Å². The number of nitrogens with zero attached hydrogens (tertiary/aromatic N) is 1. The molecule has 2 unspecified atom stereocenters. The summed E-state index contributed by atoms with van der Waals surface area (Å²) in [6, 6.07) is 9.73. The molecule has 1 aliphatic carbocycles. The van der Waals surface area contributed by atoms with Crippen molar-refractivity contribution in [3.05, 3.63) is 48.6 Å². The fourth-order valence-electron chi connectivity index (χ4n) is 2.40. The van der Waals surface area contributed by atoms with Gasteiger partial charge in [0.1, 0.15) is 0 Å². The van der Waals surface area contributed by atoms with E-state index in [0.29, 0.717) is 19.6 Å². The van der Waals surface area contributed by atoms with Crippen LogP contribution in [0.1, 0.15) is 25.8 Å². The standard InChI is InChI=1S/C16H22NO3P/c1-4-15-12-16(15,21(18,19-5-2)20-6-3)17-13-14-10-8-7-9-11-14/h4,7-11,13,15H,1,5-6,12H2,2-3H3/b17-13+. The van der Waals surface area contributed by atoms with Crippen LogP contribution in [0, 0.1) is 5.92 Å². The molecule has 1 fully saturated rings. The Balaban J connectivity index is 2.31. The molecule has 2 atom stereocenters. The molecule has 1 saturated carbocycles. The second kappa shape index (κ2) is 6.69. The third-order valence-corrected chi connectivity index (χ3v) is 6.32. The Morgan fingerprint density at radius 3 is 2.43 bits per heavy atom. The third kappa shape index (κ3) is 3.18. The number of hydrogen-bond donors (Lipinski definition) is 0. The van der Waals surface area contributed by atoms with Crippen molar-refractivity contribution >= 4 is 13.8 Å². The highest BCUT2D eigenvalue weighted by Crippen LogP contribution is 2.75. The van der Waals surface area contributed by atoms with Gasteiger partial charge in [-0.2, -0.15) is 0 Å². The molecule has 1 aromatic carbocycles. The number of benzene rings is 1. The van der Waals surface area contributed by atoms with Crippen molar-refractivity contribution in [1.82, 2.24) is 0 Å². The lowest BCUT2D eigenvalue weighted by atomic mass is 10.2. The number of rotatable bonds is 8. The van der Waals surface area contributed by atoms with Gasteiger partial charge in [0.05, 0.1) is 13.2 Å². The molecule has 0 amide bonds. The van der Waals surface area contributed by atoms with E-state index in [0.717, 1.165) is 5.56 Å². The Morgan fingerprint density at radius 2 is 1.95 bits per heavy atom. The molecule has 0 bridgehead atoms. The lowest BCUT2D eigenvalue weighted by Gasteiger charge is -2.24. The van der Waals surface area contributed by atoms with Crippen LogP contribution in [0.4, 0.5) is 0 Å². The minimum Gasteiger partial charge on any atom is -0.307 e. The van der Waals surface area contributed by atoms with E-state index in [1.165, 1.54) is 0 Å². The molecule has 0 saturated heterocycles. The second-order valence-corrected chi connectivity index (χ2v) is 7.21. The van der Waals surface area contributed by atoms with Crippen molar-refractivity contribution in [2.45, 2.75) is 25.5 Å². The summed E-state index contributed by atoms with van der Waals surface area (Å²) < 4.78 is 24.1. The molecular formula is C16H22NO3P. The van der Waals surface area contributed by atoms with Gasteiger partial charge in [0.2, 0.25) is 0 Å². The summed E-state index contributed by atoms with van der Waals surface area (Å²) in [7, 11) is -3.29. The summed E-state index contributed by atoms with van der Waals surface area (Å²) in [6.45, 7) is 8.10. The van der Waals surface area contributed by atoms with E-state index in [4.69, 9.17) is 9.05 Å². The quantitative estimate of drug-likeness (QED) is 0.409. The highest BCUT2D eigenvalue weighted by Gasteiger charge is 2.67. The van der Waals surface area contributed by atoms with E-state index < -0.39 is 12.9 Å². The Morgan fingerprint density at radius 1 is 1.33 bits per heavy atom. The minimum atomic E-state index is -3.29. The van der Waals surface area contributed by atoms with Crippen molar-refractivity contribution < 1.29 is 13.6 Å². The van der Waals surface area contributed by atoms with Crippen LogP contribution in [0.5, 0.6) is 0 Å². The van der Waals surface area contributed by atoms with E-state index in [1.54, 1.807) is 12.3 Å². The minimum absolute atomic E-state index is 0.0291. The first-order valence-corrected chi connectivity index (χ1v) is 8.78. The fourth-order valence-corrected chi connectivity index (χ4v) is 4.73. The number of hydrogen-bond acceptors (Lipinski definition) is 4. The predicted octanol–water partition coefficient (Wildman–Crippen LogP) is 4.27. The molecule has 5 heteroatoms. The maximum atomic E-state index is 13.1. The zero-order valence-electron chi connectivity index (χ0n) is 12.6.